The van der Waals surface area contributed by atoms with Crippen molar-refractivity contribution in [2.24, 2.45) is 0 Å². The maximum atomic E-state index is 13.0. The van der Waals surface area contributed by atoms with Crippen molar-refractivity contribution < 1.29 is 23.9 Å². The number of carbonyl (C=O) groups excluding carboxylic acids is 4. The summed E-state index contributed by atoms with van der Waals surface area (Å²) in [6.45, 7) is 0.517. The first-order valence-corrected chi connectivity index (χ1v) is 9.96. The molecule has 29 heavy (non-hydrogen) atoms. The normalized spacial score (nSPS) is 16.1. The Bertz CT molecular complexity index is 947. The maximum Gasteiger partial charge on any atom is 0.308 e. The van der Waals surface area contributed by atoms with Gasteiger partial charge >= 0.3 is 5.97 Å². The summed E-state index contributed by atoms with van der Waals surface area (Å²) in [5, 5.41) is 7.38. The van der Waals surface area contributed by atoms with Crippen molar-refractivity contribution in [3.63, 3.8) is 0 Å². The van der Waals surface area contributed by atoms with Gasteiger partial charge in [-0.05, 0) is 29.6 Å². The van der Waals surface area contributed by atoms with Crippen LogP contribution in [0.5, 0.6) is 0 Å². The number of ether oxygens (including phenoxy) is 1. The predicted molar refractivity (Wildman–Crippen MR) is 108 cm³/mol. The summed E-state index contributed by atoms with van der Waals surface area (Å²) in [6.07, 6.45) is -0.246. The molecule has 1 aromatic heterocycles. The molecule has 0 aliphatic carbocycles. The minimum Gasteiger partial charge on any atom is -0.469 e. The van der Waals surface area contributed by atoms with Crippen LogP contribution >= 0.6 is 22.9 Å². The van der Waals surface area contributed by atoms with E-state index in [0.717, 1.165) is 0 Å². The monoisotopic (exact) mass is 435 g/mol. The van der Waals surface area contributed by atoms with Crippen LogP contribution in [-0.2, 0) is 14.3 Å². The van der Waals surface area contributed by atoms with Gasteiger partial charge in [-0.1, -0.05) is 17.7 Å². The molecule has 1 fully saturated rings. The summed E-state index contributed by atoms with van der Waals surface area (Å²) in [5.74, 6) is -1.80. The average Bonchev–Trinajstić information content (AvgIpc) is 3.25. The molecule has 2 heterocycles. The molecular formula is C19H18ClN3O5S. The predicted octanol–water partition coefficient (Wildman–Crippen LogP) is 2.16. The van der Waals surface area contributed by atoms with Crippen LogP contribution in [0.3, 0.4) is 0 Å². The van der Waals surface area contributed by atoms with Crippen LogP contribution in [0.2, 0.25) is 5.02 Å². The molecular weight excluding hydrogens is 418 g/mol. The SMILES string of the molecule is COC(=O)CC1C(=O)NCCN1C(=O)c1ccc(Cl)c(NC(=O)c2cccs2)c1. The lowest BCUT2D eigenvalue weighted by atomic mass is 10.1. The Balaban J connectivity index is 1.83. The standard InChI is InChI=1S/C19H18ClN3O5S/c1-28-16(24)10-14-17(25)21-6-7-23(14)19(27)11-4-5-12(20)13(9-11)22-18(26)15-3-2-8-29-15/h2-5,8-9,14H,6-7,10H2,1H3,(H,21,25)(H,22,26). The summed E-state index contributed by atoms with van der Waals surface area (Å²) in [7, 11) is 1.22. The molecule has 10 heteroatoms. The number of hydrogen-bond acceptors (Lipinski definition) is 6. The van der Waals surface area contributed by atoms with Crippen molar-refractivity contribution in [2.45, 2.75) is 12.5 Å². The second kappa shape index (κ2) is 9.06. The highest BCUT2D eigenvalue weighted by molar-refractivity contribution is 7.12. The van der Waals surface area contributed by atoms with E-state index < -0.39 is 23.8 Å². The fourth-order valence-corrected chi connectivity index (χ4v) is 3.70. The molecule has 1 aromatic carbocycles. The fraction of sp³-hybridized carbons (Fsp3) is 0.263. The molecule has 1 saturated heterocycles. The number of nitrogens with zero attached hydrogens (tertiary/aromatic N) is 1. The van der Waals surface area contributed by atoms with Gasteiger partial charge < -0.3 is 20.3 Å². The van der Waals surface area contributed by atoms with Crippen molar-refractivity contribution in [3.8, 4) is 0 Å². The van der Waals surface area contributed by atoms with Crippen LogP contribution in [-0.4, -0.2) is 54.8 Å². The highest BCUT2D eigenvalue weighted by atomic mass is 35.5. The van der Waals surface area contributed by atoms with Gasteiger partial charge in [0.25, 0.3) is 11.8 Å². The molecule has 8 nitrogen and oxygen atoms in total. The van der Waals surface area contributed by atoms with E-state index in [9.17, 15) is 19.2 Å². The number of carbonyl (C=O) groups is 4. The molecule has 0 saturated carbocycles. The van der Waals surface area contributed by atoms with Gasteiger partial charge in [0.05, 0.1) is 29.1 Å². The molecule has 2 N–H and O–H groups in total. The Morgan fingerprint density at radius 2 is 2.14 bits per heavy atom. The Morgan fingerprint density at radius 3 is 2.83 bits per heavy atom. The van der Waals surface area contributed by atoms with Crippen LogP contribution in [0.25, 0.3) is 0 Å². The van der Waals surface area contributed by atoms with Crippen LogP contribution in [0.1, 0.15) is 26.5 Å². The van der Waals surface area contributed by atoms with Crippen LogP contribution < -0.4 is 10.6 Å². The van der Waals surface area contributed by atoms with E-state index in [1.165, 1.54) is 41.5 Å². The molecule has 0 radical (unpaired) electrons. The topological polar surface area (TPSA) is 105 Å². The molecule has 2 aromatic rings. The molecule has 1 atom stereocenters. The smallest absolute Gasteiger partial charge is 0.308 e. The second-order valence-corrected chi connectivity index (χ2v) is 7.57. The first-order chi connectivity index (χ1) is 13.9. The number of amides is 3. The summed E-state index contributed by atoms with van der Waals surface area (Å²) in [4.78, 5) is 51.0. The molecule has 1 aliphatic heterocycles. The van der Waals surface area contributed by atoms with E-state index in [-0.39, 0.29) is 41.7 Å². The van der Waals surface area contributed by atoms with Gasteiger partial charge in [-0.2, -0.15) is 0 Å². The van der Waals surface area contributed by atoms with E-state index in [2.05, 4.69) is 15.4 Å². The van der Waals surface area contributed by atoms with Gasteiger partial charge in [0.15, 0.2) is 0 Å². The molecule has 0 spiro atoms. The number of thiophene rings is 1. The molecule has 3 amide bonds. The third kappa shape index (κ3) is 4.75. The number of rotatable bonds is 5. The number of benzene rings is 1. The van der Waals surface area contributed by atoms with Crippen LogP contribution in [0, 0.1) is 0 Å². The zero-order valence-corrected chi connectivity index (χ0v) is 17.0. The van der Waals surface area contributed by atoms with E-state index in [1.807, 2.05) is 0 Å². The highest BCUT2D eigenvalue weighted by Crippen LogP contribution is 2.26. The lowest BCUT2D eigenvalue weighted by Gasteiger charge is -2.34. The molecule has 1 unspecified atom stereocenters. The quantitative estimate of drug-likeness (QED) is 0.700. The average molecular weight is 436 g/mol. The molecule has 0 bridgehead atoms. The number of halogens is 1. The van der Waals surface area contributed by atoms with Gasteiger partial charge in [0, 0.05) is 18.7 Å². The van der Waals surface area contributed by atoms with Crippen molar-refractivity contribution in [1.29, 1.82) is 0 Å². The Kier molecular flexibility index (Phi) is 6.50. The number of anilines is 1. The van der Waals surface area contributed by atoms with Crippen molar-refractivity contribution in [2.75, 3.05) is 25.5 Å². The Morgan fingerprint density at radius 1 is 1.34 bits per heavy atom. The third-order valence-electron chi connectivity index (χ3n) is 4.39. The van der Waals surface area contributed by atoms with Crippen molar-refractivity contribution in [1.82, 2.24) is 10.2 Å². The minimum atomic E-state index is -0.969. The molecule has 1 aliphatic rings. The van der Waals surface area contributed by atoms with E-state index in [0.29, 0.717) is 4.88 Å². The first kappa shape index (κ1) is 20.8. The van der Waals surface area contributed by atoms with Crippen LogP contribution in [0.15, 0.2) is 35.7 Å². The van der Waals surface area contributed by atoms with Gasteiger partial charge in [-0.3, -0.25) is 19.2 Å². The summed E-state index contributed by atoms with van der Waals surface area (Å²) < 4.78 is 4.63. The Hall–Kier alpha value is -2.91. The second-order valence-electron chi connectivity index (χ2n) is 6.21. The minimum absolute atomic E-state index is 0.237. The van der Waals surface area contributed by atoms with Crippen LogP contribution in [0.4, 0.5) is 5.69 Å². The van der Waals surface area contributed by atoms with Crippen molar-refractivity contribution in [3.05, 3.63) is 51.2 Å². The van der Waals surface area contributed by atoms with Gasteiger partial charge in [-0.25, -0.2) is 0 Å². The summed E-state index contributed by atoms with van der Waals surface area (Å²) in [6, 6.07) is 6.92. The summed E-state index contributed by atoms with van der Waals surface area (Å²) in [5.41, 5.74) is 0.516. The lowest BCUT2D eigenvalue weighted by molar-refractivity contribution is -0.145. The summed E-state index contributed by atoms with van der Waals surface area (Å²) >= 11 is 7.45. The Labute approximate surface area is 175 Å². The van der Waals surface area contributed by atoms with Gasteiger partial charge in [0.2, 0.25) is 5.91 Å². The van der Waals surface area contributed by atoms with E-state index in [1.54, 1.807) is 17.5 Å². The fourth-order valence-electron chi connectivity index (χ4n) is 2.91. The van der Waals surface area contributed by atoms with E-state index >= 15 is 0 Å². The van der Waals surface area contributed by atoms with Gasteiger partial charge in [-0.15, -0.1) is 11.3 Å². The largest absolute Gasteiger partial charge is 0.469 e. The number of methoxy groups -OCH3 is 1. The number of esters is 1. The maximum absolute atomic E-state index is 13.0. The first-order valence-electron chi connectivity index (χ1n) is 8.70. The van der Waals surface area contributed by atoms with Gasteiger partial charge in [0.1, 0.15) is 6.04 Å². The molecule has 3 rings (SSSR count). The molecule has 152 valence electrons. The zero-order valence-electron chi connectivity index (χ0n) is 15.4. The third-order valence-corrected chi connectivity index (χ3v) is 5.58. The van der Waals surface area contributed by atoms with Crippen molar-refractivity contribution >= 4 is 52.3 Å². The lowest BCUT2D eigenvalue weighted by Crippen LogP contribution is -2.57. The number of piperazine rings is 1. The zero-order chi connectivity index (χ0) is 21.0. The van der Waals surface area contributed by atoms with E-state index in [4.69, 9.17) is 11.6 Å². The number of nitrogens with one attached hydrogen (secondary N) is 2. The highest BCUT2D eigenvalue weighted by Gasteiger charge is 2.35. The number of hydrogen-bond donors (Lipinski definition) is 2.